The first-order valence-corrected chi connectivity index (χ1v) is 10.9. The molecule has 0 radical (unpaired) electrons. The van der Waals surface area contributed by atoms with Crippen molar-refractivity contribution in [2.45, 2.75) is 26.8 Å². The van der Waals surface area contributed by atoms with Crippen molar-refractivity contribution >= 4 is 33.9 Å². The molecule has 0 spiro atoms. The summed E-state index contributed by atoms with van der Waals surface area (Å²) in [5.41, 5.74) is 3.26. The summed E-state index contributed by atoms with van der Waals surface area (Å²) in [7, 11) is 0. The molecular formula is C25H23ClN8. The number of nitriles is 2. The molecule has 0 unspecified atom stereocenters. The third-order valence-electron chi connectivity index (χ3n) is 5.06. The van der Waals surface area contributed by atoms with E-state index in [1.165, 1.54) is 12.4 Å². The molecule has 1 atom stereocenters. The molecule has 3 N–H and O–H groups in total. The van der Waals surface area contributed by atoms with Gasteiger partial charge in [-0.1, -0.05) is 44.5 Å². The van der Waals surface area contributed by atoms with Crippen LogP contribution >= 0.6 is 11.6 Å². The number of pyridine rings is 1. The second kappa shape index (κ2) is 9.38. The van der Waals surface area contributed by atoms with E-state index in [9.17, 15) is 11.9 Å². The maximum absolute atomic E-state index is 9.70. The van der Waals surface area contributed by atoms with E-state index in [4.69, 9.17) is 11.6 Å². The number of aromatic amines is 1. The van der Waals surface area contributed by atoms with Crippen molar-refractivity contribution in [2.75, 3.05) is 17.2 Å². The van der Waals surface area contributed by atoms with Gasteiger partial charge >= 0.3 is 0 Å². The summed E-state index contributed by atoms with van der Waals surface area (Å²) >= 11 is 6.62. The van der Waals surface area contributed by atoms with Crippen molar-refractivity contribution in [1.29, 1.82) is 10.5 Å². The van der Waals surface area contributed by atoms with Gasteiger partial charge in [0.1, 0.15) is 11.8 Å². The highest BCUT2D eigenvalue weighted by molar-refractivity contribution is 6.35. The molecule has 0 bridgehead atoms. The van der Waals surface area contributed by atoms with E-state index in [0.29, 0.717) is 56.2 Å². The number of anilines is 2. The van der Waals surface area contributed by atoms with Crippen LogP contribution in [0.5, 0.6) is 0 Å². The zero-order valence-corrected chi connectivity index (χ0v) is 19.7. The van der Waals surface area contributed by atoms with Crippen molar-refractivity contribution in [3.05, 3.63) is 76.2 Å². The van der Waals surface area contributed by atoms with E-state index >= 15 is 0 Å². The SMILES string of the molecule is [2H][C@@](Nc1cc(Cl)c2ncc(C#N)c(NCC(C)(C)C)c2c1)(c1cccc(C#N)c1)c1cn[nH]n1. The predicted molar refractivity (Wildman–Crippen MR) is 132 cm³/mol. The standard InChI is InChI=1S/C25H23ClN8/c1-25(2,3)14-30-22-17(11-28)12-29-24-19(22)8-18(9-20(24)26)32-23(21-13-31-34-33-21)16-6-4-5-15(7-16)10-27/h4-9,12-13,23,32H,14H2,1-3H3,(H,29,30)(H,31,33,34)/t23-/m1/s1/i23D. The summed E-state index contributed by atoms with van der Waals surface area (Å²) in [6.45, 7) is 6.91. The highest BCUT2D eigenvalue weighted by Gasteiger charge is 2.20. The molecule has 2 aromatic carbocycles. The molecule has 0 aliphatic rings. The van der Waals surface area contributed by atoms with E-state index in [1.54, 1.807) is 36.4 Å². The maximum Gasteiger partial charge on any atom is 0.109 e. The second-order valence-electron chi connectivity index (χ2n) is 8.97. The molecule has 2 aromatic heterocycles. The predicted octanol–water partition coefficient (Wildman–Crippen LogP) is 5.41. The van der Waals surface area contributed by atoms with Gasteiger partial charge in [0.05, 0.1) is 47.0 Å². The van der Waals surface area contributed by atoms with Gasteiger partial charge < -0.3 is 10.6 Å². The van der Waals surface area contributed by atoms with Crippen LogP contribution in [0.15, 0.2) is 48.8 Å². The zero-order valence-electron chi connectivity index (χ0n) is 19.9. The Balaban J connectivity index is 1.86. The van der Waals surface area contributed by atoms with Crippen molar-refractivity contribution in [2.24, 2.45) is 5.41 Å². The fraction of sp³-hybridized carbons (Fsp3) is 0.240. The van der Waals surface area contributed by atoms with Gasteiger partial charge in [0.2, 0.25) is 0 Å². The lowest BCUT2D eigenvalue weighted by Crippen LogP contribution is -2.20. The number of fused-ring (bicyclic) bond motifs is 1. The second-order valence-corrected chi connectivity index (χ2v) is 9.38. The van der Waals surface area contributed by atoms with Gasteiger partial charge in [-0.15, -0.1) is 0 Å². The van der Waals surface area contributed by atoms with Gasteiger partial charge in [0.25, 0.3) is 0 Å². The van der Waals surface area contributed by atoms with Gasteiger partial charge in [-0.05, 0) is 35.2 Å². The summed E-state index contributed by atoms with van der Waals surface area (Å²) < 4.78 is 9.33. The lowest BCUT2D eigenvalue weighted by atomic mass is 9.96. The molecule has 170 valence electrons. The largest absolute Gasteiger partial charge is 0.383 e. The Morgan fingerprint density at radius 2 is 2.00 bits per heavy atom. The van der Waals surface area contributed by atoms with Crippen LogP contribution in [0.1, 0.15) is 50.5 Å². The van der Waals surface area contributed by atoms with Gasteiger partial charge in [-0.2, -0.15) is 25.9 Å². The molecule has 34 heavy (non-hydrogen) atoms. The highest BCUT2D eigenvalue weighted by atomic mass is 35.5. The van der Waals surface area contributed by atoms with Crippen molar-refractivity contribution < 1.29 is 1.37 Å². The summed E-state index contributed by atoms with van der Waals surface area (Å²) in [5.74, 6) is 0. The number of benzene rings is 2. The number of aromatic nitrogens is 4. The van der Waals surface area contributed by atoms with Crippen LogP contribution in [0.25, 0.3) is 10.9 Å². The topological polar surface area (TPSA) is 126 Å². The van der Waals surface area contributed by atoms with Crippen LogP contribution in [0.4, 0.5) is 11.4 Å². The minimum absolute atomic E-state index is 0.0307. The third kappa shape index (κ3) is 4.93. The average molecular weight is 472 g/mol. The molecule has 9 heteroatoms. The van der Waals surface area contributed by atoms with E-state index in [0.717, 1.165) is 0 Å². The molecule has 0 saturated carbocycles. The molecule has 8 nitrogen and oxygen atoms in total. The Labute approximate surface area is 204 Å². The first kappa shape index (κ1) is 21.7. The lowest BCUT2D eigenvalue weighted by molar-refractivity contribution is 0.443. The fourth-order valence-electron chi connectivity index (χ4n) is 3.46. The Kier molecular flexibility index (Phi) is 5.99. The first-order valence-electron chi connectivity index (χ1n) is 11.1. The van der Waals surface area contributed by atoms with Crippen molar-refractivity contribution in [1.82, 2.24) is 20.4 Å². The van der Waals surface area contributed by atoms with Crippen LogP contribution in [-0.2, 0) is 0 Å². The Hall–Kier alpha value is -4.14. The number of nitrogens with zero attached hydrogens (tertiary/aromatic N) is 5. The smallest absolute Gasteiger partial charge is 0.109 e. The Morgan fingerprint density at radius 3 is 2.68 bits per heavy atom. The molecular weight excluding hydrogens is 448 g/mol. The van der Waals surface area contributed by atoms with E-state index in [-0.39, 0.29) is 5.41 Å². The molecule has 4 rings (SSSR count). The lowest BCUT2D eigenvalue weighted by Gasteiger charge is -2.22. The molecule has 0 amide bonds. The Bertz CT molecular complexity index is 1460. The normalized spacial score (nSPS) is 13.4. The minimum Gasteiger partial charge on any atom is -0.383 e. The summed E-state index contributed by atoms with van der Waals surface area (Å²) in [4.78, 5) is 4.39. The van der Waals surface area contributed by atoms with E-state index in [1.807, 2.05) is 0 Å². The van der Waals surface area contributed by atoms with Crippen molar-refractivity contribution in [3.8, 4) is 12.1 Å². The summed E-state index contributed by atoms with van der Waals surface area (Å²) in [6.07, 6.45) is 2.96. The van der Waals surface area contributed by atoms with Gasteiger partial charge in [-0.25, -0.2) is 0 Å². The molecule has 0 aliphatic carbocycles. The van der Waals surface area contributed by atoms with Crippen LogP contribution in [-0.4, -0.2) is 26.9 Å². The number of H-pyrrole nitrogens is 1. The molecule has 0 fully saturated rings. The number of halogens is 1. The van der Waals surface area contributed by atoms with Crippen LogP contribution in [0.3, 0.4) is 0 Å². The molecule has 4 aromatic rings. The average Bonchev–Trinajstić information content (AvgIpc) is 3.37. The first-order chi connectivity index (χ1) is 16.6. The zero-order chi connectivity index (χ0) is 25.2. The monoisotopic (exact) mass is 471 g/mol. The van der Waals surface area contributed by atoms with Gasteiger partial charge in [0, 0.05) is 23.8 Å². The molecule has 0 saturated heterocycles. The minimum atomic E-state index is -1.59. The molecule has 0 aliphatic heterocycles. The fourth-order valence-corrected chi connectivity index (χ4v) is 3.72. The van der Waals surface area contributed by atoms with Gasteiger partial charge in [-0.3, -0.25) is 4.98 Å². The number of hydrogen-bond donors (Lipinski definition) is 3. The Morgan fingerprint density at radius 1 is 1.18 bits per heavy atom. The highest BCUT2D eigenvalue weighted by Crippen LogP contribution is 2.36. The number of rotatable bonds is 6. The number of hydrogen-bond acceptors (Lipinski definition) is 7. The van der Waals surface area contributed by atoms with Crippen LogP contribution in [0, 0.1) is 28.1 Å². The molecule has 2 heterocycles. The summed E-state index contributed by atoms with van der Waals surface area (Å²) in [5, 5.41) is 37.2. The summed E-state index contributed by atoms with van der Waals surface area (Å²) in [6, 6.07) is 12.9. The number of nitrogens with one attached hydrogen (secondary N) is 3. The van der Waals surface area contributed by atoms with Crippen LogP contribution in [0.2, 0.25) is 5.02 Å². The van der Waals surface area contributed by atoms with Crippen molar-refractivity contribution in [3.63, 3.8) is 0 Å². The van der Waals surface area contributed by atoms with Crippen LogP contribution < -0.4 is 10.6 Å². The van der Waals surface area contributed by atoms with E-state index < -0.39 is 6.02 Å². The van der Waals surface area contributed by atoms with Gasteiger partial charge in [0.15, 0.2) is 0 Å². The van der Waals surface area contributed by atoms with E-state index in [2.05, 4.69) is 63.9 Å². The third-order valence-corrected chi connectivity index (χ3v) is 5.35. The maximum atomic E-state index is 9.70. The quantitative estimate of drug-likeness (QED) is 0.343.